The maximum atomic E-state index is 9.71. The van der Waals surface area contributed by atoms with Gasteiger partial charge in [0.2, 0.25) is 0 Å². The van der Waals surface area contributed by atoms with Gasteiger partial charge in [-0.15, -0.1) is 0 Å². The third-order valence-corrected chi connectivity index (χ3v) is 3.12. The van der Waals surface area contributed by atoms with Gasteiger partial charge in [-0.2, -0.15) is 0 Å². The van der Waals surface area contributed by atoms with Crippen LogP contribution in [0.15, 0.2) is 12.1 Å². The quantitative estimate of drug-likeness (QED) is 0.730. The molecule has 1 rings (SSSR count). The highest BCUT2D eigenvalue weighted by Gasteiger charge is 2.11. The lowest BCUT2D eigenvalue weighted by Crippen LogP contribution is -2.31. The van der Waals surface area contributed by atoms with Crippen molar-refractivity contribution >= 4 is 17.4 Å². The van der Waals surface area contributed by atoms with E-state index in [1.165, 1.54) is 0 Å². The molecule has 0 aliphatic carbocycles. The van der Waals surface area contributed by atoms with Crippen molar-refractivity contribution in [1.82, 2.24) is 9.88 Å². The summed E-state index contributed by atoms with van der Waals surface area (Å²) in [4.78, 5) is 6.48. The fourth-order valence-corrected chi connectivity index (χ4v) is 2.04. The fraction of sp³-hybridized carbons (Fsp3) is 0.643. The van der Waals surface area contributed by atoms with Crippen LogP contribution in [-0.4, -0.2) is 54.9 Å². The Bertz CT molecular complexity index is 404. The average molecular weight is 302 g/mol. The molecule has 0 fully saturated rings. The summed E-state index contributed by atoms with van der Waals surface area (Å²) in [5.41, 5.74) is 0.805. The number of halogens is 1. The Labute approximate surface area is 125 Å². The first-order chi connectivity index (χ1) is 9.56. The van der Waals surface area contributed by atoms with Gasteiger partial charge < -0.3 is 15.2 Å². The second-order valence-corrected chi connectivity index (χ2v) is 5.26. The van der Waals surface area contributed by atoms with Gasteiger partial charge in [-0.25, -0.2) is 4.98 Å². The molecule has 0 aliphatic heterocycles. The standard InChI is InChI=1S/C14H24ClN3O2/c1-4-7-16-14-6-5-12(15)13(17-14)9-18(2)8-11(19)10-20-3/h5-6,11,19H,4,7-10H2,1-3H3,(H,16,17). The van der Waals surface area contributed by atoms with Gasteiger partial charge in [-0.05, 0) is 25.6 Å². The van der Waals surface area contributed by atoms with Crippen molar-refractivity contribution < 1.29 is 9.84 Å². The monoisotopic (exact) mass is 301 g/mol. The van der Waals surface area contributed by atoms with E-state index < -0.39 is 6.10 Å². The number of nitrogens with zero attached hydrogens (tertiary/aromatic N) is 2. The number of methoxy groups -OCH3 is 1. The van der Waals surface area contributed by atoms with Crippen LogP contribution in [0.4, 0.5) is 5.82 Å². The molecule has 1 unspecified atom stereocenters. The van der Waals surface area contributed by atoms with Crippen LogP contribution in [0.2, 0.25) is 5.02 Å². The van der Waals surface area contributed by atoms with Crippen molar-refractivity contribution in [3.63, 3.8) is 0 Å². The Balaban J connectivity index is 2.60. The second kappa shape index (κ2) is 9.13. The van der Waals surface area contributed by atoms with Gasteiger partial charge in [0, 0.05) is 26.7 Å². The number of nitrogens with one attached hydrogen (secondary N) is 1. The van der Waals surface area contributed by atoms with Crippen molar-refractivity contribution in [2.75, 3.05) is 39.2 Å². The predicted molar refractivity (Wildman–Crippen MR) is 82.2 cm³/mol. The summed E-state index contributed by atoms with van der Waals surface area (Å²) in [6.07, 6.45) is 0.535. The molecule has 0 spiro atoms. The molecule has 1 aromatic rings. The Morgan fingerprint density at radius 1 is 1.50 bits per heavy atom. The minimum atomic E-state index is -0.509. The van der Waals surface area contributed by atoms with Gasteiger partial charge in [0.05, 0.1) is 23.4 Å². The molecule has 20 heavy (non-hydrogen) atoms. The zero-order valence-electron chi connectivity index (χ0n) is 12.4. The van der Waals surface area contributed by atoms with Crippen LogP contribution in [0, 0.1) is 0 Å². The number of rotatable bonds is 9. The first-order valence-electron chi connectivity index (χ1n) is 6.81. The van der Waals surface area contributed by atoms with Gasteiger partial charge >= 0.3 is 0 Å². The molecule has 2 N–H and O–H groups in total. The molecule has 0 saturated heterocycles. The lowest BCUT2D eigenvalue weighted by atomic mass is 10.3. The molecule has 1 aromatic heterocycles. The molecule has 0 bridgehead atoms. The summed E-state index contributed by atoms with van der Waals surface area (Å²) in [6, 6.07) is 3.72. The largest absolute Gasteiger partial charge is 0.389 e. The summed E-state index contributed by atoms with van der Waals surface area (Å²) in [6.45, 7) is 4.41. The third-order valence-electron chi connectivity index (χ3n) is 2.78. The van der Waals surface area contributed by atoms with E-state index in [-0.39, 0.29) is 0 Å². The van der Waals surface area contributed by atoms with Gasteiger partial charge in [0.25, 0.3) is 0 Å². The highest BCUT2D eigenvalue weighted by Crippen LogP contribution is 2.18. The molecule has 0 aromatic carbocycles. The maximum Gasteiger partial charge on any atom is 0.126 e. The lowest BCUT2D eigenvalue weighted by Gasteiger charge is -2.20. The van der Waals surface area contributed by atoms with E-state index in [1.54, 1.807) is 7.11 Å². The normalized spacial score (nSPS) is 12.7. The Kier molecular flexibility index (Phi) is 7.84. The van der Waals surface area contributed by atoms with Crippen molar-refractivity contribution in [2.24, 2.45) is 0 Å². The Morgan fingerprint density at radius 2 is 2.25 bits per heavy atom. The zero-order valence-corrected chi connectivity index (χ0v) is 13.2. The highest BCUT2D eigenvalue weighted by molar-refractivity contribution is 6.31. The summed E-state index contributed by atoms with van der Waals surface area (Å²) < 4.78 is 4.91. The SMILES string of the molecule is CCCNc1ccc(Cl)c(CN(C)CC(O)COC)n1. The number of ether oxygens (including phenoxy) is 1. The van der Waals surface area contributed by atoms with E-state index >= 15 is 0 Å². The Morgan fingerprint density at radius 3 is 2.90 bits per heavy atom. The zero-order chi connectivity index (χ0) is 15.0. The van der Waals surface area contributed by atoms with E-state index in [9.17, 15) is 5.11 Å². The summed E-state index contributed by atoms with van der Waals surface area (Å²) in [5.74, 6) is 0.831. The van der Waals surface area contributed by atoms with Crippen molar-refractivity contribution in [1.29, 1.82) is 0 Å². The first kappa shape index (κ1) is 17.2. The molecule has 114 valence electrons. The molecule has 0 amide bonds. The van der Waals surface area contributed by atoms with Crippen molar-refractivity contribution in [3.8, 4) is 0 Å². The van der Waals surface area contributed by atoms with Gasteiger partial charge in [-0.1, -0.05) is 18.5 Å². The number of likely N-dealkylation sites (N-methyl/N-ethyl adjacent to an activating group) is 1. The second-order valence-electron chi connectivity index (χ2n) is 4.86. The lowest BCUT2D eigenvalue weighted by molar-refractivity contribution is 0.0417. The number of hydrogen-bond acceptors (Lipinski definition) is 5. The summed E-state index contributed by atoms with van der Waals surface area (Å²) in [5, 5.41) is 13.6. The molecular weight excluding hydrogens is 278 g/mol. The smallest absolute Gasteiger partial charge is 0.126 e. The predicted octanol–water partition coefficient (Wildman–Crippen LogP) is 2.00. The Hall–Kier alpha value is -0.880. The number of aliphatic hydroxyl groups is 1. The average Bonchev–Trinajstić information content (AvgIpc) is 2.39. The number of hydrogen-bond donors (Lipinski definition) is 2. The minimum absolute atomic E-state index is 0.323. The third kappa shape index (κ3) is 6.05. The first-order valence-corrected chi connectivity index (χ1v) is 7.19. The van der Waals surface area contributed by atoms with Crippen molar-refractivity contribution in [2.45, 2.75) is 26.0 Å². The van der Waals surface area contributed by atoms with Gasteiger partial charge in [-0.3, -0.25) is 4.90 Å². The van der Waals surface area contributed by atoms with E-state index in [0.29, 0.717) is 24.7 Å². The van der Waals surface area contributed by atoms with E-state index in [4.69, 9.17) is 16.3 Å². The van der Waals surface area contributed by atoms with E-state index in [1.807, 2.05) is 24.1 Å². The van der Waals surface area contributed by atoms with Crippen LogP contribution in [0.1, 0.15) is 19.0 Å². The topological polar surface area (TPSA) is 57.6 Å². The minimum Gasteiger partial charge on any atom is -0.389 e. The molecular formula is C14H24ClN3O2. The number of anilines is 1. The maximum absolute atomic E-state index is 9.71. The van der Waals surface area contributed by atoms with Gasteiger partial charge in [0.1, 0.15) is 5.82 Å². The molecule has 5 nitrogen and oxygen atoms in total. The molecule has 0 saturated carbocycles. The fourth-order valence-electron chi connectivity index (χ4n) is 1.87. The van der Waals surface area contributed by atoms with Crippen LogP contribution >= 0.6 is 11.6 Å². The molecule has 0 aliphatic rings. The number of pyridine rings is 1. The van der Waals surface area contributed by atoms with Crippen LogP contribution < -0.4 is 5.32 Å². The summed E-state index contributed by atoms with van der Waals surface area (Å²) >= 11 is 6.17. The van der Waals surface area contributed by atoms with Crippen LogP contribution in [0.3, 0.4) is 0 Å². The summed E-state index contributed by atoms with van der Waals surface area (Å²) in [7, 11) is 3.49. The number of aliphatic hydroxyl groups excluding tert-OH is 1. The van der Waals surface area contributed by atoms with Crippen LogP contribution in [0.5, 0.6) is 0 Å². The van der Waals surface area contributed by atoms with E-state index in [0.717, 1.165) is 24.5 Å². The van der Waals surface area contributed by atoms with Crippen LogP contribution in [-0.2, 0) is 11.3 Å². The van der Waals surface area contributed by atoms with Gasteiger partial charge in [0.15, 0.2) is 0 Å². The molecule has 1 heterocycles. The molecule has 1 atom stereocenters. The highest BCUT2D eigenvalue weighted by atomic mass is 35.5. The van der Waals surface area contributed by atoms with Crippen LogP contribution in [0.25, 0.3) is 0 Å². The number of aromatic nitrogens is 1. The van der Waals surface area contributed by atoms with E-state index in [2.05, 4.69) is 17.2 Å². The molecule has 6 heteroatoms. The van der Waals surface area contributed by atoms with Crippen molar-refractivity contribution in [3.05, 3.63) is 22.8 Å². The molecule has 0 radical (unpaired) electrons.